The van der Waals surface area contributed by atoms with E-state index in [-0.39, 0.29) is 30.1 Å². The van der Waals surface area contributed by atoms with Gasteiger partial charge in [-0.25, -0.2) is 4.98 Å². The number of rotatable bonds is 9. The second-order valence-corrected chi connectivity index (χ2v) is 6.51. The first-order valence-electron chi connectivity index (χ1n) is 9.34. The maximum absolute atomic E-state index is 5.89. The SMILES string of the molecule is CN=C(NCCCOC(C)c1ccccc1)NCc1cccc(N(C)C)n1.I. The van der Waals surface area contributed by atoms with Crippen LogP contribution in [0.5, 0.6) is 0 Å². The van der Waals surface area contributed by atoms with Crippen molar-refractivity contribution in [3.05, 3.63) is 59.8 Å². The largest absolute Gasteiger partial charge is 0.374 e. The number of hydrogen-bond acceptors (Lipinski definition) is 4. The highest BCUT2D eigenvalue weighted by Gasteiger charge is 2.05. The Balaban J connectivity index is 0.00000392. The summed E-state index contributed by atoms with van der Waals surface area (Å²) in [6.07, 6.45) is 1.02. The van der Waals surface area contributed by atoms with E-state index in [0.29, 0.717) is 13.2 Å². The second kappa shape index (κ2) is 13.3. The van der Waals surface area contributed by atoms with Gasteiger partial charge in [-0.3, -0.25) is 4.99 Å². The quantitative estimate of drug-likeness (QED) is 0.240. The van der Waals surface area contributed by atoms with Gasteiger partial charge in [-0.05, 0) is 31.0 Å². The summed E-state index contributed by atoms with van der Waals surface area (Å²) in [4.78, 5) is 10.8. The van der Waals surface area contributed by atoms with Crippen LogP contribution in [0.25, 0.3) is 0 Å². The van der Waals surface area contributed by atoms with Crippen LogP contribution in [0.4, 0.5) is 5.82 Å². The van der Waals surface area contributed by atoms with Crippen LogP contribution in [0, 0.1) is 0 Å². The number of hydrogen-bond donors (Lipinski definition) is 2. The van der Waals surface area contributed by atoms with Gasteiger partial charge in [0.2, 0.25) is 0 Å². The van der Waals surface area contributed by atoms with Crippen LogP contribution >= 0.6 is 24.0 Å². The number of guanidine groups is 1. The third kappa shape index (κ3) is 8.43. The average molecular weight is 497 g/mol. The number of nitrogens with one attached hydrogen (secondary N) is 2. The van der Waals surface area contributed by atoms with Crippen molar-refractivity contribution in [2.45, 2.75) is 26.0 Å². The molecule has 28 heavy (non-hydrogen) atoms. The van der Waals surface area contributed by atoms with Gasteiger partial charge in [-0.15, -0.1) is 24.0 Å². The molecular weight excluding hydrogens is 465 g/mol. The molecule has 1 aromatic carbocycles. The summed E-state index contributed by atoms with van der Waals surface area (Å²) in [6, 6.07) is 16.3. The highest BCUT2D eigenvalue weighted by molar-refractivity contribution is 14.0. The Kier molecular flexibility index (Phi) is 11.5. The molecule has 0 spiro atoms. The van der Waals surface area contributed by atoms with Crippen molar-refractivity contribution in [1.82, 2.24) is 15.6 Å². The summed E-state index contributed by atoms with van der Waals surface area (Å²) < 4.78 is 5.89. The van der Waals surface area contributed by atoms with Gasteiger partial charge in [-0.1, -0.05) is 36.4 Å². The molecule has 0 saturated carbocycles. The molecule has 154 valence electrons. The van der Waals surface area contributed by atoms with Crippen LogP contribution in [0.3, 0.4) is 0 Å². The number of pyridine rings is 1. The smallest absolute Gasteiger partial charge is 0.191 e. The zero-order valence-electron chi connectivity index (χ0n) is 17.2. The summed E-state index contributed by atoms with van der Waals surface area (Å²) in [5.41, 5.74) is 2.18. The number of nitrogens with zero attached hydrogens (tertiary/aromatic N) is 3. The Hall–Kier alpha value is -1.87. The van der Waals surface area contributed by atoms with Gasteiger partial charge in [-0.2, -0.15) is 0 Å². The molecule has 0 aliphatic heterocycles. The van der Waals surface area contributed by atoms with E-state index in [1.165, 1.54) is 5.56 Å². The first kappa shape index (κ1) is 24.2. The van der Waals surface area contributed by atoms with Gasteiger partial charge < -0.3 is 20.3 Å². The van der Waals surface area contributed by atoms with Crippen LogP contribution in [-0.4, -0.2) is 45.2 Å². The summed E-state index contributed by atoms with van der Waals surface area (Å²) in [5.74, 6) is 1.71. The number of aromatic nitrogens is 1. The lowest BCUT2D eigenvalue weighted by atomic mass is 10.1. The summed E-state index contributed by atoms with van der Waals surface area (Å²) in [6.45, 7) is 4.21. The molecule has 0 fully saturated rings. The first-order valence-corrected chi connectivity index (χ1v) is 9.34. The molecule has 0 radical (unpaired) electrons. The molecule has 0 saturated heterocycles. The number of aliphatic imine (C=N–C) groups is 1. The van der Waals surface area contributed by atoms with E-state index >= 15 is 0 Å². The summed E-state index contributed by atoms with van der Waals surface area (Å²) in [7, 11) is 5.74. The maximum atomic E-state index is 5.89. The van der Waals surface area contributed by atoms with E-state index in [2.05, 4.69) is 39.7 Å². The Morgan fingerprint density at radius 3 is 2.54 bits per heavy atom. The second-order valence-electron chi connectivity index (χ2n) is 6.51. The fourth-order valence-electron chi connectivity index (χ4n) is 2.57. The molecule has 0 amide bonds. The van der Waals surface area contributed by atoms with Gasteiger partial charge in [0.15, 0.2) is 5.96 Å². The molecule has 0 aliphatic rings. The molecule has 1 atom stereocenters. The van der Waals surface area contributed by atoms with E-state index < -0.39 is 0 Å². The fraction of sp³-hybridized carbons (Fsp3) is 0.429. The Morgan fingerprint density at radius 2 is 1.86 bits per heavy atom. The van der Waals surface area contributed by atoms with E-state index in [4.69, 9.17) is 4.74 Å². The number of ether oxygens (including phenoxy) is 1. The molecule has 2 N–H and O–H groups in total. The molecule has 1 aromatic heterocycles. The number of halogens is 1. The third-order valence-corrected chi connectivity index (χ3v) is 4.16. The molecule has 1 unspecified atom stereocenters. The Morgan fingerprint density at radius 1 is 1.11 bits per heavy atom. The third-order valence-electron chi connectivity index (χ3n) is 4.16. The van der Waals surface area contributed by atoms with Crippen molar-refractivity contribution >= 4 is 35.8 Å². The lowest BCUT2D eigenvalue weighted by Gasteiger charge is -2.15. The standard InChI is InChI=1S/C21H31N5O.HI/c1-17(18-10-6-5-7-11-18)27-15-9-14-23-21(22-2)24-16-19-12-8-13-20(25-19)26(3)4;/h5-8,10-13,17H,9,14-16H2,1-4H3,(H2,22,23,24);1H. The molecule has 2 rings (SSSR count). The Bertz CT molecular complexity index is 709. The van der Waals surface area contributed by atoms with Gasteiger partial charge in [0.25, 0.3) is 0 Å². The average Bonchev–Trinajstić information content (AvgIpc) is 2.70. The number of anilines is 1. The van der Waals surface area contributed by atoms with Crippen molar-refractivity contribution in [3.63, 3.8) is 0 Å². The fourth-order valence-corrected chi connectivity index (χ4v) is 2.57. The van der Waals surface area contributed by atoms with Gasteiger partial charge >= 0.3 is 0 Å². The highest BCUT2D eigenvalue weighted by atomic mass is 127. The molecule has 1 heterocycles. The monoisotopic (exact) mass is 497 g/mol. The first-order chi connectivity index (χ1) is 13.1. The van der Waals surface area contributed by atoms with E-state index in [9.17, 15) is 0 Å². The minimum Gasteiger partial charge on any atom is -0.374 e. The van der Waals surface area contributed by atoms with Crippen molar-refractivity contribution in [3.8, 4) is 0 Å². The van der Waals surface area contributed by atoms with Gasteiger partial charge in [0.05, 0.1) is 18.3 Å². The molecule has 0 bridgehead atoms. The zero-order valence-corrected chi connectivity index (χ0v) is 19.5. The van der Waals surface area contributed by atoms with E-state index in [1.807, 2.05) is 55.4 Å². The molecular formula is C21H32IN5O. The summed E-state index contributed by atoms with van der Waals surface area (Å²) in [5, 5.41) is 6.61. The van der Waals surface area contributed by atoms with Crippen LogP contribution in [0.15, 0.2) is 53.5 Å². The van der Waals surface area contributed by atoms with Crippen molar-refractivity contribution in [1.29, 1.82) is 0 Å². The summed E-state index contributed by atoms with van der Waals surface area (Å²) >= 11 is 0. The molecule has 7 heteroatoms. The minimum absolute atomic E-state index is 0. The highest BCUT2D eigenvalue weighted by Crippen LogP contribution is 2.15. The molecule has 2 aromatic rings. The lowest BCUT2D eigenvalue weighted by Crippen LogP contribution is -2.37. The maximum Gasteiger partial charge on any atom is 0.191 e. The minimum atomic E-state index is 0. The van der Waals surface area contributed by atoms with Crippen molar-refractivity contribution < 1.29 is 4.74 Å². The molecule has 6 nitrogen and oxygen atoms in total. The molecule has 0 aliphatic carbocycles. The van der Waals surface area contributed by atoms with Crippen LogP contribution in [0.1, 0.15) is 30.7 Å². The van der Waals surface area contributed by atoms with Crippen molar-refractivity contribution in [2.75, 3.05) is 39.2 Å². The van der Waals surface area contributed by atoms with Crippen LogP contribution in [-0.2, 0) is 11.3 Å². The van der Waals surface area contributed by atoms with Crippen LogP contribution < -0.4 is 15.5 Å². The topological polar surface area (TPSA) is 61.8 Å². The van der Waals surface area contributed by atoms with E-state index in [1.54, 1.807) is 7.05 Å². The van der Waals surface area contributed by atoms with Crippen LogP contribution in [0.2, 0.25) is 0 Å². The number of benzene rings is 1. The lowest BCUT2D eigenvalue weighted by molar-refractivity contribution is 0.0646. The van der Waals surface area contributed by atoms with Gasteiger partial charge in [0, 0.05) is 34.3 Å². The predicted molar refractivity (Wildman–Crippen MR) is 128 cm³/mol. The van der Waals surface area contributed by atoms with Gasteiger partial charge in [0.1, 0.15) is 5.82 Å². The zero-order chi connectivity index (χ0) is 19.5. The van der Waals surface area contributed by atoms with Crippen molar-refractivity contribution in [2.24, 2.45) is 4.99 Å². The predicted octanol–water partition coefficient (Wildman–Crippen LogP) is 3.60. The Labute approximate surface area is 185 Å². The normalized spacial score (nSPS) is 12.1. The van der Waals surface area contributed by atoms with E-state index in [0.717, 1.165) is 30.4 Å².